The van der Waals surface area contributed by atoms with Gasteiger partial charge in [-0.15, -0.1) is 0 Å². The van der Waals surface area contributed by atoms with E-state index in [-0.39, 0.29) is 5.91 Å². The van der Waals surface area contributed by atoms with Gasteiger partial charge in [-0.1, -0.05) is 6.92 Å². The number of carbonyl (C=O) groups is 1. The van der Waals surface area contributed by atoms with Gasteiger partial charge in [0.2, 0.25) is 0 Å². The molecule has 2 aromatic rings. The number of carbonyl (C=O) groups excluding carboxylic acids is 1. The van der Waals surface area contributed by atoms with Crippen molar-refractivity contribution in [1.29, 1.82) is 0 Å². The van der Waals surface area contributed by atoms with Gasteiger partial charge in [0.05, 0.1) is 17.9 Å². The summed E-state index contributed by atoms with van der Waals surface area (Å²) in [4.78, 5) is 18.7. The number of aryl methyl sites for hydroxylation is 1. The average Bonchev–Trinajstić information content (AvgIpc) is 3.07. The number of aliphatic hydroxyl groups is 1. The fraction of sp³-hybridized carbons (Fsp3) is 0.500. The van der Waals surface area contributed by atoms with Crippen LogP contribution in [0.5, 0.6) is 0 Å². The molecule has 25 heavy (non-hydrogen) atoms. The zero-order chi connectivity index (χ0) is 17.8. The number of nitrogens with zero attached hydrogens (tertiary/aromatic N) is 4. The van der Waals surface area contributed by atoms with E-state index in [1.165, 1.54) is 0 Å². The lowest BCUT2D eigenvalue weighted by Gasteiger charge is -2.30. The summed E-state index contributed by atoms with van der Waals surface area (Å²) in [6.07, 6.45) is 6.48. The predicted octanol–water partition coefficient (Wildman–Crippen LogP) is 1.83. The van der Waals surface area contributed by atoms with Gasteiger partial charge in [0.25, 0.3) is 5.91 Å². The monoisotopic (exact) mass is 343 g/mol. The Hall–Kier alpha value is -2.41. The van der Waals surface area contributed by atoms with Gasteiger partial charge < -0.3 is 15.3 Å². The van der Waals surface area contributed by atoms with E-state index in [9.17, 15) is 9.90 Å². The maximum atomic E-state index is 12.5. The summed E-state index contributed by atoms with van der Waals surface area (Å²) in [5.74, 6) is 1.37. The molecule has 0 bridgehead atoms. The smallest absolute Gasteiger partial charge is 0.255 e. The van der Waals surface area contributed by atoms with Gasteiger partial charge in [0.1, 0.15) is 5.82 Å². The van der Waals surface area contributed by atoms with E-state index in [4.69, 9.17) is 0 Å². The molecule has 0 radical (unpaired) electrons. The van der Waals surface area contributed by atoms with Gasteiger partial charge >= 0.3 is 0 Å². The molecule has 2 N–H and O–H groups in total. The van der Waals surface area contributed by atoms with Crippen molar-refractivity contribution >= 4 is 11.7 Å². The van der Waals surface area contributed by atoms with Crippen LogP contribution in [-0.2, 0) is 7.05 Å². The Morgan fingerprint density at radius 3 is 2.72 bits per heavy atom. The summed E-state index contributed by atoms with van der Waals surface area (Å²) in [6, 6.07) is 3.56. The first kappa shape index (κ1) is 17.4. The highest BCUT2D eigenvalue weighted by Crippen LogP contribution is 2.18. The summed E-state index contributed by atoms with van der Waals surface area (Å²) >= 11 is 0. The maximum absolute atomic E-state index is 12.5. The topological polar surface area (TPSA) is 83.3 Å². The minimum absolute atomic E-state index is 0.0429. The van der Waals surface area contributed by atoms with E-state index in [0.717, 1.165) is 31.5 Å². The molecule has 0 saturated carbocycles. The quantitative estimate of drug-likeness (QED) is 0.865. The van der Waals surface area contributed by atoms with Crippen LogP contribution in [0.1, 0.15) is 41.8 Å². The van der Waals surface area contributed by atoms with Gasteiger partial charge in [0.15, 0.2) is 0 Å². The number of aliphatic hydroxyl groups excluding tert-OH is 1. The van der Waals surface area contributed by atoms with Crippen LogP contribution < -0.4 is 5.32 Å². The highest BCUT2D eigenvalue weighted by Gasteiger charge is 2.21. The van der Waals surface area contributed by atoms with Crippen LogP contribution in [0.15, 0.2) is 30.7 Å². The Balaban J connectivity index is 1.54. The summed E-state index contributed by atoms with van der Waals surface area (Å²) < 4.78 is 1.65. The molecule has 1 atom stereocenters. The second-order valence-electron chi connectivity index (χ2n) is 6.75. The molecule has 1 unspecified atom stereocenters. The van der Waals surface area contributed by atoms with E-state index in [1.54, 1.807) is 35.4 Å². The highest BCUT2D eigenvalue weighted by atomic mass is 16.3. The number of hydrogen-bond donors (Lipinski definition) is 2. The molecule has 1 amide bonds. The normalized spacial score (nSPS) is 16.7. The lowest BCUT2D eigenvalue weighted by molar-refractivity contribution is 0.0697. The predicted molar refractivity (Wildman–Crippen MR) is 95.2 cm³/mol. The Labute approximate surface area is 147 Å². The molecule has 1 aliphatic rings. The lowest BCUT2D eigenvalue weighted by Crippen LogP contribution is -2.37. The molecule has 3 rings (SSSR count). The van der Waals surface area contributed by atoms with E-state index in [2.05, 4.69) is 22.3 Å². The van der Waals surface area contributed by atoms with Crippen molar-refractivity contribution in [3.8, 4) is 0 Å². The summed E-state index contributed by atoms with van der Waals surface area (Å²) in [6.45, 7) is 4.19. The van der Waals surface area contributed by atoms with Crippen molar-refractivity contribution in [1.82, 2.24) is 19.7 Å². The first-order chi connectivity index (χ1) is 12.0. The van der Waals surface area contributed by atoms with E-state index in [1.807, 2.05) is 11.9 Å². The highest BCUT2D eigenvalue weighted by molar-refractivity contribution is 5.94. The van der Waals surface area contributed by atoms with E-state index < -0.39 is 6.10 Å². The van der Waals surface area contributed by atoms with Crippen molar-refractivity contribution in [3.05, 3.63) is 41.9 Å². The molecular weight excluding hydrogens is 318 g/mol. The Kier molecular flexibility index (Phi) is 5.33. The van der Waals surface area contributed by atoms with Crippen LogP contribution in [0, 0.1) is 5.92 Å². The molecule has 1 saturated heterocycles. The van der Waals surface area contributed by atoms with Gasteiger partial charge in [-0.2, -0.15) is 5.10 Å². The number of nitrogens with one attached hydrogen (secondary N) is 1. The number of amides is 1. The van der Waals surface area contributed by atoms with Crippen LogP contribution in [0.25, 0.3) is 0 Å². The zero-order valence-corrected chi connectivity index (χ0v) is 14.7. The second-order valence-corrected chi connectivity index (χ2v) is 6.75. The standard InChI is InChI=1S/C18H25N5O2/c1-13-5-7-23(8-6-13)18(25)14-3-4-17(19-9-14)20-11-16(24)15-10-21-22(2)12-15/h3-4,9-10,12-13,16,24H,5-8,11H2,1-2H3,(H,19,20). The van der Waals surface area contributed by atoms with Crippen molar-refractivity contribution < 1.29 is 9.90 Å². The number of hydrogen-bond acceptors (Lipinski definition) is 5. The number of pyridine rings is 1. The Bertz CT molecular complexity index is 705. The number of likely N-dealkylation sites (tertiary alicyclic amines) is 1. The third kappa shape index (κ3) is 4.36. The molecule has 0 aliphatic carbocycles. The maximum Gasteiger partial charge on any atom is 0.255 e. The molecule has 0 spiro atoms. The zero-order valence-electron chi connectivity index (χ0n) is 14.7. The summed E-state index contributed by atoms with van der Waals surface area (Å²) in [5.41, 5.74) is 1.36. The minimum atomic E-state index is -0.660. The summed E-state index contributed by atoms with van der Waals surface area (Å²) in [7, 11) is 1.81. The van der Waals surface area contributed by atoms with Crippen molar-refractivity contribution in [2.24, 2.45) is 13.0 Å². The van der Waals surface area contributed by atoms with Crippen LogP contribution in [0.3, 0.4) is 0 Å². The molecule has 7 nitrogen and oxygen atoms in total. The van der Waals surface area contributed by atoms with Crippen LogP contribution in [0.2, 0.25) is 0 Å². The van der Waals surface area contributed by atoms with Gasteiger partial charge in [-0.25, -0.2) is 4.98 Å². The van der Waals surface area contributed by atoms with Gasteiger partial charge in [-0.3, -0.25) is 9.48 Å². The molecule has 1 aliphatic heterocycles. The number of piperidine rings is 1. The Morgan fingerprint density at radius 2 is 2.12 bits per heavy atom. The van der Waals surface area contributed by atoms with Crippen LogP contribution in [0.4, 0.5) is 5.82 Å². The molecule has 134 valence electrons. The Morgan fingerprint density at radius 1 is 1.36 bits per heavy atom. The molecule has 3 heterocycles. The van der Waals surface area contributed by atoms with E-state index >= 15 is 0 Å². The SMILES string of the molecule is CC1CCN(C(=O)c2ccc(NCC(O)c3cnn(C)c3)nc2)CC1. The fourth-order valence-electron chi connectivity index (χ4n) is 2.95. The molecule has 1 fully saturated rings. The van der Waals surface area contributed by atoms with Crippen LogP contribution >= 0.6 is 0 Å². The minimum Gasteiger partial charge on any atom is -0.386 e. The first-order valence-electron chi connectivity index (χ1n) is 8.68. The third-order valence-corrected chi connectivity index (χ3v) is 4.67. The number of rotatable bonds is 5. The average molecular weight is 343 g/mol. The second kappa shape index (κ2) is 7.65. The van der Waals surface area contributed by atoms with Crippen molar-refractivity contribution in [3.63, 3.8) is 0 Å². The molecule has 2 aromatic heterocycles. The number of anilines is 1. The molecule has 0 aromatic carbocycles. The van der Waals surface area contributed by atoms with Crippen molar-refractivity contribution in [2.45, 2.75) is 25.9 Å². The van der Waals surface area contributed by atoms with Crippen molar-refractivity contribution in [2.75, 3.05) is 25.0 Å². The first-order valence-corrected chi connectivity index (χ1v) is 8.68. The lowest BCUT2D eigenvalue weighted by atomic mass is 9.99. The fourth-order valence-corrected chi connectivity index (χ4v) is 2.95. The van der Waals surface area contributed by atoms with Gasteiger partial charge in [0, 0.05) is 44.6 Å². The van der Waals surface area contributed by atoms with Crippen LogP contribution in [-0.4, -0.2) is 50.3 Å². The largest absolute Gasteiger partial charge is 0.386 e. The van der Waals surface area contributed by atoms with E-state index in [0.29, 0.717) is 23.8 Å². The van der Waals surface area contributed by atoms with Gasteiger partial charge in [-0.05, 0) is 30.9 Å². The summed E-state index contributed by atoms with van der Waals surface area (Å²) in [5, 5.41) is 17.2. The number of aromatic nitrogens is 3. The third-order valence-electron chi connectivity index (χ3n) is 4.67. The molecule has 7 heteroatoms. The molecular formula is C18H25N5O2.